The van der Waals surface area contributed by atoms with E-state index in [-0.39, 0.29) is 18.0 Å². The zero-order valence-corrected chi connectivity index (χ0v) is 19.2. The highest BCUT2D eigenvalue weighted by Crippen LogP contribution is 2.39. The number of nitrogens with one attached hydrogen (secondary N) is 1. The van der Waals surface area contributed by atoms with Crippen LogP contribution in [0.5, 0.6) is 11.5 Å². The lowest BCUT2D eigenvalue weighted by Crippen LogP contribution is -2.23. The molecule has 3 aromatic rings. The average molecular weight is 471 g/mol. The maximum Gasteiger partial charge on any atom is 0.237 e. The normalized spacial score (nSPS) is 16.3. The highest BCUT2D eigenvalue weighted by Gasteiger charge is 2.28. The molecule has 0 unspecified atom stereocenters. The summed E-state index contributed by atoms with van der Waals surface area (Å²) in [6, 6.07) is 13.4. The molecule has 0 bridgehead atoms. The van der Waals surface area contributed by atoms with Gasteiger partial charge in [0.25, 0.3) is 0 Å². The first-order valence-corrected chi connectivity index (χ1v) is 11.9. The first-order chi connectivity index (χ1) is 15.6. The van der Waals surface area contributed by atoms with Gasteiger partial charge in [-0.2, -0.15) is 0 Å². The number of carbonyl (C=O) groups excluding carboxylic acids is 1. The fourth-order valence-electron chi connectivity index (χ4n) is 4.11. The fourth-order valence-corrected chi connectivity index (χ4v) is 5.24. The molecule has 9 heteroatoms. The van der Waals surface area contributed by atoms with E-state index >= 15 is 0 Å². The van der Waals surface area contributed by atoms with E-state index in [0.29, 0.717) is 28.3 Å². The Morgan fingerprint density at radius 2 is 1.94 bits per heavy atom. The predicted octanol–water partition coefficient (Wildman–Crippen LogP) is 5.56. The van der Waals surface area contributed by atoms with E-state index in [1.165, 1.54) is 24.6 Å². The molecule has 1 amide bonds. The van der Waals surface area contributed by atoms with E-state index in [4.69, 9.17) is 21.1 Å². The van der Waals surface area contributed by atoms with Crippen molar-refractivity contribution in [3.8, 4) is 22.9 Å². The number of benzene rings is 2. The van der Waals surface area contributed by atoms with Crippen LogP contribution in [-0.4, -0.2) is 32.7 Å². The summed E-state index contributed by atoms with van der Waals surface area (Å²) in [4.78, 5) is 12.9. The minimum atomic E-state index is -0.371. The number of hydrogen-bond donors (Lipinski definition) is 1. The number of amides is 1. The molecule has 0 spiro atoms. The number of hydrogen-bond acceptors (Lipinski definition) is 6. The first-order valence-electron chi connectivity index (χ1n) is 10.7. The van der Waals surface area contributed by atoms with Gasteiger partial charge in [-0.3, -0.25) is 9.36 Å². The highest BCUT2D eigenvalue weighted by atomic mass is 35.5. The van der Waals surface area contributed by atoms with E-state index in [1.54, 1.807) is 18.2 Å². The summed E-state index contributed by atoms with van der Waals surface area (Å²) in [5.74, 6) is 1.96. The molecule has 166 valence electrons. The molecule has 2 heterocycles. The number of rotatable bonds is 6. The molecule has 0 radical (unpaired) electrons. The largest absolute Gasteiger partial charge is 0.454 e. The lowest BCUT2D eigenvalue weighted by Gasteiger charge is -2.19. The molecule has 2 aliphatic rings. The van der Waals surface area contributed by atoms with E-state index < -0.39 is 0 Å². The van der Waals surface area contributed by atoms with Gasteiger partial charge in [-0.1, -0.05) is 48.3 Å². The number of ether oxygens (including phenoxy) is 2. The molecule has 1 aliphatic heterocycles. The number of aromatic nitrogens is 3. The third-order valence-electron chi connectivity index (χ3n) is 5.76. The maximum atomic E-state index is 12.9. The molecule has 5 rings (SSSR count). The van der Waals surface area contributed by atoms with Gasteiger partial charge in [-0.15, -0.1) is 10.2 Å². The smallest absolute Gasteiger partial charge is 0.237 e. The lowest BCUT2D eigenvalue weighted by molar-refractivity contribution is -0.115. The zero-order valence-electron chi connectivity index (χ0n) is 17.6. The molecular weight excluding hydrogens is 448 g/mol. The van der Waals surface area contributed by atoms with Gasteiger partial charge in [0.05, 0.1) is 10.3 Å². The number of halogens is 1. The summed E-state index contributed by atoms with van der Waals surface area (Å²) in [6.45, 7) is 2.07. The third kappa shape index (κ3) is 4.17. The van der Waals surface area contributed by atoms with Gasteiger partial charge in [0.2, 0.25) is 12.7 Å². The van der Waals surface area contributed by atoms with E-state index in [2.05, 4.69) is 20.1 Å². The molecule has 1 aromatic heterocycles. The van der Waals surface area contributed by atoms with Crippen molar-refractivity contribution in [3.63, 3.8) is 0 Å². The molecule has 2 aromatic carbocycles. The van der Waals surface area contributed by atoms with Crippen molar-refractivity contribution in [2.24, 2.45) is 0 Å². The van der Waals surface area contributed by atoms with Crippen LogP contribution in [0.4, 0.5) is 5.69 Å². The Bertz CT molecular complexity index is 1150. The molecule has 1 atom stereocenters. The molecule has 1 saturated carbocycles. The van der Waals surface area contributed by atoms with Gasteiger partial charge in [0, 0.05) is 23.4 Å². The second-order valence-corrected chi connectivity index (χ2v) is 9.63. The van der Waals surface area contributed by atoms with Crippen molar-refractivity contribution in [2.75, 3.05) is 12.1 Å². The standard InChI is InChI=1S/C23H23ClN4O3S/c1-14(22(29)25-15-10-11-19-20(12-15)31-13-30-19)32-23-27-26-21(17-8-4-5-9-18(17)24)28(23)16-6-2-3-7-16/h4-5,8-12,14,16H,2-3,6-7,13H2,1H3,(H,25,29)/t14-/m1/s1. The van der Waals surface area contributed by atoms with Crippen LogP contribution in [0.3, 0.4) is 0 Å². The maximum absolute atomic E-state index is 12.9. The molecular formula is C23H23ClN4O3S. The van der Waals surface area contributed by atoms with Crippen molar-refractivity contribution in [1.29, 1.82) is 0 Å². The first kappa shape index (κ1) is 21.2. The molecule has 1 fully saturated rings. The van der Waals surface area contributed by atoms with Crippen LogP contribution in [0.2, 0.25) is 5.02 Å². The van der Waals surface area contributed by atoms with Crippen LogP contribution >= 0.6 is 23.4 Å². The molecule has 0 saturated heterocycles. The molecule has 1 N–H and O–H groups in total. The van der Waals surface area contributed by atoms with Crippen molar-refractivity contribution in [3.05, 3.63) is 47.5 Å². The Morgan fingerprint density at radius 3 is 2.75 bits per heavy atom. The van der Waals surface area contributed by atoms with Crippen LogP contribution in [0.1, 0.15) is 38.6 Å². The van der Waals surface area contributed by atoms with Gasteiger partial charge in [0.1, 0.15) is 0 Å². The summed E-state index contributed by atoms with van der Waals surface area (Å²) in [7, 11) is 0. The molecule has 1 aliphatic carbocycles. The minimum absolute atomic E-state index is 0.117. The number of thioether (sulfide) groups is 1. The third-order valence-corrected chi connectivity index (χ3v) is 7.15. The number of anilines is 1. The minimum Gasteiger partial charge on any atom is -0.454 e. The van der Waals surface area contributed by atoms with Crippen molar-refractivity contribution in [2.45, 2.75) is 49.1 Å². The van der Waals surface area contributed by atoms with Crippen molar-refractivity contribution < 1.29 is 14.3 Å². The van der Waals surface area contributed by atoms with Crippen LogP contribution in [0.15, 0.2) is 47.6 Å². The average Bonchev–Trinajstić information content (AvgIpc) is 3.54. The zero-order chi connectivity index (χ0) is 22.1. The predicted molar refractivity (Wildman–Crippen MR) is 124 cm³/mol. The quantitative estimate of drug-likeness (QED) is 0.475. The number of nitrogens with zero attached hydrogens (tertiary/aromatic N) is 3. The van der Waals surface area contributed by atoms with Gasteiger partial charge < -0.3 is 14.8 Å². The Balaban J connectivity index is 1.37. The number of fused-ring (bicyclic) bond motifs is 1. The molecule has 7 nitrogen and oxygen atoms in total. The summed E-state index contributed by atoms with van der Waals surface area (Å²) in [6.07, 6.45) is 4.49. The summed E-state index contributed by atoms with van der Waals surface area (Å²) in [5.41, 5.74) is 1.53. The van der Waals surface area contributed by atoms with Gasteiger partial charge >= 0.3 is 0 Å². The van der Waals surface area contributed by atoms with Crippen LogP contribution in [0.25, 0.3) is 11.4 Å². The van der Waals surface area contributed by atoms with Crippen molar-refractivity contribution >= 4 is 35.0 Å². The molecule has 32 heavy (non-hydrogen) atoms. The van der Waals surface area contributed by atoms with Crippen LogP contribution < -0.4 is 14.8 Å². The van der Waals surface area contributed by atoms with Gasteiger partial charge in [-0.05, 0) is 44.0 Å². The summed E-state index contributed by atoms with van der Waals surface area (Å²) >= 11 is 7.87. The summed E-state index contributed by atoms with van der Waals surface area (Å²) in [5, 5.41) is 12.9. The van der Waals surface area contributed by atoms with E-state index in [0.717, 1.165) is 29.4 Å². The Labute approximate surface area is 195 Å². The fraction of sp³-hybridized carbons (Fsp3) is 0.348. The second kappa shape index (κ2) is 9.03. The Morgan fingerprint density at radius 1 is 1.16 bits per heavy atom. The number of carbonyl (C=O) groups is 1. The van der Waals surface area contributed by atoms with Crippen LogP contribution in [-0.2, 0) is 4.79 Å². The van der Waals surface area contributed by atoms with Crippen LogP contribution in [0, 0.1) is 0 Å². The topological polar surface area (TPSA) is 78.3 Å². The Kier molecular flexibility index (Phi) is 5.97. The second-order valence-electron chi connectivity index (χ2n) is 7.91. The summed E-state index contributed by atoms with van der Waals surface area (Å²) < 4.78 is 12.9. The SMILES string of the molecule is C[C@@H](Sc1nnc(-c2ccccc2Cl)n1C1CCCC1)C(=O)Nc1ccc2c(c1)OCO2. The van der Waals surface area contributed by atoms with Crippen molar-refractivity contribution in [1.82, 2.24) is 14.8 Å². The van der Waals surface area contributed by atoms with E-state index in [1.807, 2.05) is 31.2 Å². The lowest BCUT2D eigenvalue weighted by atomic mass is 10.2. The Hall–Kier alpha value is -2.71. The highest BCUT2D eigenvalue weighted by molar-refractivity contribution is 8.00. The monoisotopic (exact) mass is 470 g/mol. The van der Waals surface area contributed by atoms with Gasteiger partial charge in [-0.25, -0.2) is 0 Å². The van der Waals surface area contributed by atoms with E-state index in [9.17, 15) is 4.79 Å². The van der Waals surface area contributed by atoms with Gasteiger partial charge in [0.15, 0.2) is 22.5 Å².